The summed E-state index contributed by atoms with van der Waals surface area (Å²) in [5, 5.41) is 9.31. The molecule has 2 rings (SSSR count). The van der Waals surface area contributed by atoms with Gasteiger partial charge in [-0.3, -0.25) is 0 Å². The Morgan fingerprint density at radius 3 is 2.18 bits per heavy atom. The Hall–Kier alpha value is -1.37. The summed E-state index contributed by atoms with van der Waals surface area (Å²) in [7, 11) is 0. The Kier molecular flexibility index (Phi) is 3.19. The molecule has 0 saturated carbocycles. The van der Waals surface area contributed by atoms with E-state index in [2.05, 4.69) is 9.97 Å². The van der Waals surface area contributed by atoms with Gasteiger partial charge in [-0.15, -0.1) is 0 Å². The van der Waals surface area contributed by atoms with Gasteiger partial charge in [0.05, 0.1) is 11.7 Å². The predicted octanol–water partition coefficient (Wildman–Crippen LogP) is 1.46. The molecule has 0 aliphatic carbocycles. The fourth-order valence-corrected chi connectivity index (χ4v) is 1.70. The molecule has 0 aromatic carbocycles. The van der Waals surface area contributed by atoms with Crippen molar-refractivity contribution in [2.45, 2.75) is 25.1 Å². The standard InChI is InChI=1S/C10H12F3N3O/c11-10(12,13)7-5-14-9(15-6-7)16-3-1-8(17)2-4-16/h5-6,8,17H,1-4H2. The lowest BCUT2D eigenvalue weighted by Crippen LogP contribution is -2.36. The molecule has 1 aromatic rings. The van der Waals surface area contributed by atoms with Crippen LogP contribution in [0.1, 0.15) is 18.4 Å². The van der Waals surface area contributed by atoms with Gasteiger partial charge in [-0.1, -0.05) is 0 Å². The van der Waals surface area contributed by atoms with Gasteiger partial charge < -0.3 is 10.0 Å². The SMILES string of the molecule is OC1CCN(c2ncc(C(F)(F)F)cn2)CC1. The zero-order chi connectivity index (χ0) is 12.5. The Bertz CT molecular complexity index is 371. The fourth-order valence-electron chi connectivity index (χ4n) is 1.70. The highest BCUT2D eigenvalue weighted by molar-refractivity contribution is 5.31. The molecule has 0 atom stereocenters. The number of hydrogen-bond acceptors (Lipinski definition) is 4. The lowest BCUT2D eigenvalue weighted by atomic mass is 10.1. The third-order valence-electron chi connectivity index (χ3n) is 2.71. The Labute approximate surface area is 96.1 Å². The first-order valence-corrected chi connectivity index (χ1v) is 5.29. The minimum absolute atomic E-state index is 0.282. The molecule has 1 aliphatic rings. The molecule has 1 fully saturated rings. The number of anilines is 1. The Balaban J connectivity index is 2.08. The third kappa shape index (κ3) is 2.85. The highest BCUT2D eigenvalue weighted by atomic mass is 19.4. The molecule has 0 radical (unpaired) electrons. The van der Waals surface area contributed by atoms with E-state index in [1.807, 2.05) is 0 Å². The first-order valence-electron chi connectivity index (χ1n) is 5.29. The van der Waals surface area contributed by atoms with E-state index in [0.29, 0.717) is 25.9 Å². The smallest absolute Gasteiger partial charge is 0.393 e. The number of hydrogen-bond donors (Lipinski definition) is 1. The molecule has 1 N–H and O–H groups in total. The summed E-state index contributed by atoms with van der Waals surface area (Å²) in [5.41, 5.74) is -0.849. The van der Waals surface area contributed by atoms with E-state index in [-0.39, 0.29) is 12.1 Å². The number of nitrogens with zero attached hydrogens (tertiary/aromatic N) is 3. The van der Waals surface area contributed by atoms with Crippen molar-refractivity contribution in [2.75, 3.05) is 18.0 Å². The second kappa shape index (κ2) is 4.48. The van der Waals surface area contributed by atoms with Gasteiger partial charge in [0.15, 0.2) is 0 Å². The topological polar surface area (TPSA) is 49.2 Å². The normalized spacial score (nSPS) is 18.5. The number of halogens is 3. The van der Waals surface area contributed by atoms with E-state index >= 15 is 0 Å². The van der Waals surface area contributed by atoms with Gasteiger partial charge in [0, 0.05) is 25.5 Å². The second-order valence-corrected chi connectivity index (χ2v) is 3.99. The minimum atomic E-state index is -4.41. The second-order valence-electron chi connectivity index (χ2n) is 3.99. The van der Waals surface area contributed by atoms with Crippen LogP contribution in [0.4, 0.5) is 19.1 Å². The van der Waals surface area contributed by atoms with E-state index in [1.165, 1.54) is 0 Å². The number of rotatable bonds is 1. The van der Waals surface area contributed by atoms with Crippen LogP contribution in [0.25, 0.3) is 0 Å². The van der Waals surface area contributed by atoms with Gasteiger partial charge in [-0.2, -0.15) is 13.2 Å². The molecule has 7 heteroatoms. The van der Waals surface area contributed by atoms with Gasteiger partial charge >= 0.3 is 6.18 Å². The zero-order valence-electron chi connectivity index (χ0n) is 8.98. The Morgan fingerprint density at radius 1 is 1.18 bits per heavy atom. The summed E-state index contributed by atoms with van der Waals surface area (Å²) < 4.78 is 36.9. The number of aliphatic hydroxyl groups is 1. The molecular weight excluding hydrogens is 235 g/mol. The van der Waals surface area contributed by atoms with Gasteiger partial charge in [-0.05, 0) is 12.8 Å². The van der Waals surface area contributed by atoms with Crippen LogP contribution in [0.5, 0.6) is 0 Å². The van der Waals surface area contributed by atoms with Crippen molar-refractivity contribution in [1.82, 2.24) is 9.97 Å². The molecule has 0 amide bonds. The molecule has 0 bridgehead atoms. The first kappa shape index (κ1) is 12.1. The maximum Gasteiger partial charge on any atom is 0.419 e. The van der Waals surface area contributed by atoms with Crippen LogP contribution < -0.4 is 4.90 Å². The monoisotopic (exact) mass is 247 g/mol. The van der Waals surface area contributed by atoms with Crippen molar-refractivity contribution in [3.8, 4) is 0 Å². The summed E-state index contributed by atoms with van der Waals surface area (Å²) in [6.45, 7) is 1.12. The van der Waals surface area contributed by atoms with Crippen LogP contribution in [-0.4, -0.2) is 34.3 Å². The van der Waals surface area contributed by atoms with Crippen LogP contribution in [0.15, 0.2) is 12.4 Å². The lowest BCUT2D eigenvalue weighted by molar-refractivity contribution is -0.138. The van der Waals surface area contributed by atoms with Gasteiger partial charge in [0.1, 0.15) is 0 Å². The van der Waals surface area contributed by atoms with Crippen molar-refractivity contribution in [3.63, 3.8) is 0 Å². The number of aromatic nitrogens is 2. The molecule has 2 heterocycles. The number of alkyl halides is 3. The molecule has 94 valence electrons. The summed E-state index contributed by atoms with van der Waals surface area (Å²) in [6, 6.07) is 0. The lowest BCUT2D eigenvalue weighted by Gasteiger charge is -2.29. The van der Waals surface area contributed by atoms with Crippen molar-refractivity contribution < 1.29 is 18.3 Å². The van der Waals surface area contributed by atoms with E-state index in [4.69, 9.17) is 0 Å². The summed E-state index contributed by atoms with van der Waals surface area (Å²) >= 11 is 0. The molecule has 1 saturated heterocycles. The number of piperidine rings is 1. The molecule has 1 aliphatic heterocycles. The maximum absolute atomic E-state index is 12.3. The van der Waals surface area contributed by atoms with E-state index in [9.17, 15) is 18.3 Å². The molecule has 17 heavy (non-hydrogen) atoms. The third-order valence-corrected chi connectivity index (χ3v) is 2.71. The first-order chi connectivity index (χ1) is 7.97. The average molecular weight is 247 g/mol. The highest BCUT2D eigenvalue weighted by Crippen LogP contribution is 2.28. The fraction of sp³-hybridized carbons (Fsp3) is 0.600. The van der Waals surface area contributed by atoms with Crippen molar-refractivity contribution in [1.29, 1.82) is 0 Å². The predicted molar refractivity (Wildman–Crippen MR) is 54.5 cm³/mol. The summed E-state index contributed by atoms with van der Waals surface area (Å²) in [6.07, 6.45) is -1.99. The average Bonchev–Trinajstić information content (AvgIpc) is 2.29. The van der Waals surface area contributed by atoms with Gasteiger partial charge in [0.25, 0.3) is 0 Å². The van der Waals surface area contributed by atoms with Crippen LogP contribution in [-0.2, 0) is 6.18 Å². The summed E-state index contributed by atoms with van der Waals surface area (Å²) in [5.74, 6) is 0.282. The van der Waals surface area contributed by atoms with Crippen LogP contribution in [0.3, 0.4) is 0 Å². The van der Waals surface area contributed by atoms with Crippen molar-refractivity contribution in [3.05, 3.63) is 18.0 Å². The molecular formula is C10H12F3N3O. The highest BCUT2D eigenvalue weighted by Gasteiger charge is 2.31. The van der Waals surface area contributed by atoms with E-state index in [0.717, 1.165) is 12.4 Å². The zero-order valence-corrected chi connectivity index (χ0v) is 8.98. The van der Waals surface area contributed by atoms with E-state index < -0.39 is 11.7 Å². The van der Waals surface area contributed by atoms with Crippen molar-refractivity contribution >= 4 is 5.95 Å². The van der Waals surface area contributed by atoms with Gasteiger partial charge in [-0.25, -0.2) is 9.97 Å². The van der Waals surface area contributed by atoms with Crippen molar-refractivity contribution in [2.24, 2.45) is 0 Å². The van der Waals surface area contributed by atoms with Crippen LogP contribution in [0.2, 0.25) is 0 Å². The minimum Gasteiger partial charge on any atom is -0.393 e. The molecule has 1 aromatic heterocycles. The van der Waals surface area contributed by atoms with Crippen LogP contribution in [0, 0.1) is 0 Å². The largest absolute Gasteiger partial charge is 0.419 e. The van der Waals surface area contributed by atoms with E-state index in [1.54, 1.807) is 4.90 Å². The summed E-state index contributed by atoms with van der Waals surface area (Å²) in [4.78, 5) is 9.18. The van der Waals surface area contributed by atoms with Gasteiger partial charge in [0.2, 0.25) is 5.95 Å². The van der Waals surface area contributed by atoms with Crippen LogP contribution >= 0.6 is 0 Å². The molecule has 0 unspecified atom stereocenters. The Morgan fingerprint density at radius 2 is 1.71 bits per heavy atom. The maximum atomic E-state index is 12.3. The molecule has 0 spiro atoms. The quantitative estimate of drug-likeness (QED) is 0.816. The molecule has 4 nitrogen and oxygen atoms in total. The number of aliphatic hydroxyl groups excluding tert-OH is 1.